The minimum Gasteiger partial charge on any atom is -0.366 e. The number of amides is 1. The molecule has 3 aliphatic rings. The van der Waals surface area contributed by atoms with Crippen molar-refractivity contribution in [2.45, 2.75) is 82.5 Å². The second-order valence-electron chi connectivity index (χ2n) is 16.6. The van der Waals surface area contributed by atoms with E-state index in [0.717, 1.165) is 66.8 Å². The van der Waals surface area contributed by atoms with Crippen molar-refractivity contribution < 1.29 is 13.2 Å². The van der Waals surface area contributed by atoms with E-state index in [1.54, 1.807) is 0 Å². The number of benzene rings is 3. The van der Waals surface area contributed by atoms with E-state index in [-0.39, 0.29) is 35.1 Å². The number of H-pyrrole nitrogens is 1. The molecule has 0 bridgehead atoms. The van der Waals surface area contributed by atoms with E-state index in [0.29, 0.717) is 35.4 Å². The van der Waals surface area contributed by atoms with Crippen LogP contribution >= 0.6 is 23.2 Å². The van der Waals surface area contributed by atoms with Crippen LogP contribution in [0.3, 0.4) is 0 Å². The van der Waals surface area contributed by atoms with Crippen molar-refractivity contribution in [1.29, 1.82) is 0 Å². The first-order chi connectivity index (χ1) is 25.7. The van der Waals surface area contributed by atoms with Gasteiger partial charge in [-0.15, -0.1) is 5.10 Å². The van der Waals surface area contributed by atoms with Gasteiger partial charge in [0.15, 0.2) is 5.82 Å². The predicted molar refractivity (Wildman–Crippen MR) is 215 cm³/mol. The molecule has 11 nitrogen and oxygen atoms in total. The summed E-state index contributed by atoms with van der Waals surface area (Å²) in [6.07, 6.45) is 4.34. The van der Waals surface area contributed by atoms with Crippen molar-refractivity contribution in [2.75, 3.05) is 43.1 Å². The van der Waals surface area contributed by atoms with Gasteiger partial charge in [-0.2, -0.15) is 0 Å². The lowest BCUT2D eigenvalue weighted by molar-refractivity contribution is -0.124. The molecule has 1 aromatic heterocycles. The van der Waals surface area contributed by atoms with E-state index in [2.05, 4.69) is 92.2 Å². The summed E-state index contributed by atoms with van der Waals surface area (Å²) in [4.78, 5) is 19.5. The fourth-order valence-corrected chi connectivity index (χ4v) is 10.1. The Morgan fingerprint density at radius 2 is 1.78 bits per heavy atom. The zero-order valence-corrected chi connectivity index (χ0v) is 33.7. The van der Waals surface area contributed by atoms with Crippen LogP contribution in [0.2, 0.25) is 10.0 Å². The van der Waals surface area contributed by atoms with E-state index in [1.807, 2.05) is 36.4 Å². The summed E-state index contributed by atoms with van der Waals surface area (Å²) in [5.41, 5.74) is 4.62. The van der Waals surface area contributed by atoms with Gasteiger partial charge in [-0.25, -0.2) is 13.5 Å². The third-order valence-electron chi connectivity index (χ3n) is 11.4. The topological polar surface area (TPSA) is 136 Å². The molecule has 3 N–H and O–H groups in total. The third-order valence-corrected chi connectivity index (χ3v) is 13.0. The summed E-state index contributed by atoms with van der Waals surface area (Å²) < 4.78 is 23.3. The van der Waals surface area contributed by atoms with Crippen LogP contribution in [0, 0.1) is 5.41 Å². The highest BCUT2D eigenvalue weighted by Gasteiger charge is 2.62. The Labute approximate surface area is 328 Å². The average Bonchev–Trinajstić information content (AvgIpc) is 3.83. The summed E-state index contributed by atoms with van der Waals surface area (Å²) in [5.74, 6) is 0.493. The molecule has 4 heterocycles. The summed E-state index contributed by atoms with van der Waals surface area (Å²) in [6, 6.07) is 21.8. The number of anilines is 1. The van der Waals surface area contributed by atoms with Gasteiger partial charge in [-0.3, -0.25) is 4.79 Å². The molecule has 2 fully saturated rings. The zero-order valence-electron chi connectivity index (χ0n) is 31.4. The van der Waals surface area contributed by atoms with Crippen LogP contribution in [0.1, 0.15) is 69.1 Å². The first kappa shape index (κ1) is 38.7. The maximum Gasteiger partial charge on any atom is 0.238 e. The molecular weight excluding hydrogens is 743 g/mol. The molecule has 54 heavy (non-hydrogen) atoms. The van der Waals surface area contributed by atoms with E-state index in [4.69, 9.17) is 23.2 Å². The quantitative estimate of drug-likeness (QED) is 0.167. The predicted octanol–water partition coefficient (Wildman–Crippen LogP) is 6.01. The van der Waals surface area contributed by atoms with Gasteiger partial charge in [0, 0.05) is 77.1 Å². The van der Waals surface area contributed by atoms with Crippen LogP contribution in [-0.4, -0.2) is 96.2 Å². The molecule has 3 aliphatic heterocycles. The number of rotatable bonds is 11. The maximum atomic E-state index is 14.8. The second-order valence-corrected chi connectivity index (χ2v) is 19.7. The Balaban J connectivity index is 1.22. The number of hydrogen-bond donors (Lipinski definition) is 3. The first-order valence-corrected chi connectivity index (χ1v) is 21.6. The van der Waals surface area contributed by atoms with Gasteiger partial charge < -0.3 is 20.4 Å². The second kappa shape index (κ2) is 15.5. The highest BCUT2D eigenvalue weighted by molar-refractivity contribution is 7.90. The Hall–Kier alpha value is -3.55. The third kappa shape index (κ3) is 8.33. The first-order valence-electron chi connectivity index (χ1n) is 18.8. The average molecular weight is 794 g/mol. The van der Waals surface area contributed by atoms with Gasteiger partial charge in [-0.1, -0.05) is 86.4 Å². The van der Waals surface area contributed by atoms with Gasteiger partial charge >= 0.3 is 0 Å². The lowest BCUT2D eigenvalue weighted by Crippen LogP contribution is -2.51. The van der Waals surface area contributed by atoms with Crippen molar-refractivity contribution in [2.24, 2.45) is 5.41 Å². The molecule has 1 amide bonds. The number of sulfone groups is 1. The number of nitrogens with zero attached hydrogens (tertiary/aromatic N) is 5. The molecule has 2 saturated heterocycles. The smallest absolute Gasteiger partial charge is 0.238 e. The molecule has 1 spiro atoms. The summed E-state index contributed by atoms with van der Waals surface area (Å²) in [5, 5.41) is 23.0. The van der Waals surface area contributed by atoms with E-state index in [1.165, 1.54) is 6.26 Å². The number of likely N-dealkylation sites (tertiary alicyclic amines) is 1. The lowest BCUT2D eigenvalue weighted by atomic mass is 9.63. The Morgan fingerprint density at radius 3 is 2.44 bits per heavy atom. The van der Waals surface area contributed by atoms with Crippen molar-refractivity contribution in [3.05, 3.63) is 93.5 Å². The number of halogens is 2. The van der Waals surface area contributed by atoms with Crippen molar-refractivity contribution >= 4 is 44.6 Å². The van der Waals surface area contributed by atoms with Gasteiger partial charge in [0.05, 0.1) is 11.8 Å². The Bertz CT molecular complexity index is 2050. The molecule has 14 heteroatoms. The monoisotopic (exact) mass is 792 g/mol. The van der Waals surface area contributed by atoms with Gasteiger partial charge in [0.1, 0.15) is 9.84 Å². The summed E-state index contributed by atoms with van der Waals surface area (Å²) in [6.45, 7) is 10.4. The number of carbonyl (C=O) groups excluding carboxylic acids is 1. The number of hydrogen-bond acceptors (Lipinski definition) is 9. The van der Waals surface area contributed by atoms with Gasteiger partial charge in [0.25, 0.3) is 0 Å². The fourth-order valence-electron chi connectivity index (χ4n) is 9.00. The largest absolute Gasteiger partial charge is 0.366 e. The molecule has 0 aliphatic carbocycles. The number of aromatic amines is 1. The highest BCUT2D eigenvalue weighted by atomic mass is 35.5. The number of piperidine rings is 1. The number of carbonyl (C=O) groups is 1. The van der Waals surface area contributed by atoms with Crippen LogP contribution < -0.4 is 15.5 Å². The van der Waals surface area contributed by atoms with Crippen LogP contribution in [0.4, 0.5) is 5.69 Å². The van der Waals surface area contributed by atoms with Crippen LogP contribution in [0.15, 0.2) is 66.7 Å². The van der Waals surface area contributed by atoms with Crippen molar-refractivity contribution in [3.8, 4) is 11.4 Å². The van der Waals surface area contributed by atoms with Crippen LogP contribution in [0.5, 0.6) is 0 Å². The Kier molecular flexibility index (Phi) is 11.1. The molecule has 288 valence electrons. The molecule has 7 rings (SSSR count). The molecule has 4 aromatic rings. The maximum absolute atomic E-state index is 14.8. The molecule has 3 aromatic carbocycles. The molecular formula is C40H50Cl2N8O3S. The number of fused-ring (bicyclic) bond motifs is 2. The number of aromatic nitrogens is 4. The molecule has 0 radical (unpaired) electrons. The van der Waals surface area contributed by atoms with Crippen LogP contribution in [0.25, 0.3) is 11.4 Å². The molecule has 4 atom stereocenters. The fraction of sp³-hybridized carbons (Fsp3) is 0.500. The highest BCUT2D eigenvalue weighted by Crippen LogP contribution is 2.58. The SMILES string of the molecule is CC(C)(C)C[C@@H]1N[C@@H](C(=O)NC2CCN(CCCS(C)(=O)=O)CC2)[C@H](c2ccccc2Cl)[C@]12CN(Cc1ccc(-c3nnn[nH]3)cc1)c1ccc(Cl)cc12. The zero-order chi connectivity index (χ0) is 38.3. The van der Waals surface area contributed by atoms with Crippen molar-refractivity contribution in [1.82, 2.24) is 36.2 Å². The van der Waals surface area contributed by atoms with Crippen LogP contribution in [-0.2, 0) is 26.6 Å². The summed E-state index contributed by atoms with van der Waals surface area (Å²) in [7, 11) is -2.99. The normalized spacial score (nSPS) is 23.6. The van der Waals surface area contributed by atoms with E-state index < -0.39 is 21.3 Å². The standard InChI is InChI=1S/C40H50Cl2N8O3S/c1-39(2,3)23-34-40(25-50(33-15-14-28(41)22-31(33)40)24-26-10-12-27(13-11-26)37-45-47-48-46-37)35(30-8-5-6-9-32(30)42)36(44-34)38(51)43-29-16-19-49(20-17-29)18-7-21-54(4,52)53/h5-6,8-15,22,29,34-36,44H,7,16-21,23-25H2,1-4H3,(H,43,51)(H,45,46,47,48)/t34-,35-,36+,40-/m0/s1. The number of tetrazole rings is 1. The molecule has 0 unspecified atom stereocenters. The number of nitrogens with one attached hydrogen (secondary N) is 3. The Morgan fingerprint density at radius 1 is 1.04 bits per heavy atom. The van der Waals surface area contributed by atoms with E-state index in [9.17, 15) is 13.2 Å². The van der Waals surface area contributed by atoms with Crippen molar-refractivity contribution in [3.63, 3.8) is 0 Å². The van der Waals surface area contributed by atoms with Gasteiger partial charge in [0.2, 0.25) is 5.91 Å². The minimum absolute atomic E-state index is 0.0208. The minimum atomic E-state index is -2.99. The lowest BCUT2D eigenvalue weighted by Gasteiger charge is -2.40. The molecule has 0 saturated carbocycles. The summed E-state index contributed by atoms with van der Waals surface area (Å²) >= 11 is 14.0. The van der Waals surface area contributed by atoms with E-state index >= 15 is 0 Å². The van der Waals surface area contributed by atoms with Gasteiger partial charge in [-0.05, 0) is 89.0 Å².